The van der Waals surface area contributed by atoms with Crippen molar-refractivity contribution in [2.24, 2.45) is 0 Å². The van der Waals surface area contributed by atoms with Crippen LogP contribution in [0.15, 0.2) is 84.9 Å². The Kier molecular flexibility index (Phi) is 7.96. The first-order chi connectivity index (χ1) is 18.9. The van der Waals surface area contributed by atoms with Gasteiger partial charge in [-0.2, -0.15) is 0 Å². The van der Waals surface area contributed by atoms with E-state index in [2.05, 4.69) is 5.32 Å². The van der Waals surface area contributed by atoms with Crippen molar-refractivity contribution in [1.82, 2.24) is 10.3 Å². The number of esters is 1. The molecule has 5 rings (SSSR count). The summed E-state index contributed by atoms with van der Waals surface area (Å²) in [6, 6.07) is 26.1. The lowest BCUT2D eigenvalue weighted by Gasteiger charge is -2.11. The zero-order valence-electron chi connectivity index (χ0n) is 21.0. The molecule has 0 unspecified atom stereocenters. The second kappa shape index (κ2) is 11.7. The van der Waals surface area contributed by atoms with E-state index in [1.165, 1.54) is 0 Å². The number of nitrogens with one attached hydrogen (secondary N) is 1. The fourth-order valence-electron chi connectivity index (χ4n) is 4.32. The highest BCUT2D eigenvalue weighted by molar-refractivity contribution is 6.35. The highest BCUT2D eigenvalue weighted by Gasteiger charge is 2.17. The third kappa shape index (κ3) is 6.14. The number of nitrogens with zero attached hydrogens (tertiary/aromatic N) is 1. The van der Waals surface area contributed by atoms with E-state index in [0.29, 0.717) is 45.2 Å². The van der Waals surface area contributed by atoms with E-state index in [9.17, 15) is 9.59 Å². The molecule has 0 spiro atoms. The Balaban J connectivity index is 1.31. The summed E-state index contributed by atoms with van der Waals surface area (Å²) in [5.74, 6) is -0.227. The van der Waals surface area contributed by atoms with Gasteiger partial charge in [0.25, 0.3) is 5.91 Å². The zero-order valence-corrected chi connectivity index (χ0v) is 22.6. The molecule has 0 bridgehead atoms. The van der Waals surface area contributed by atoms with Crippen LogP contribution in [0.1, 0.15) is 15.9 Å². The molecule has 1 aromatic heterocycles. The molecule has 6 nitrogen and oxygen atoms in total. The van der Waals surface area contributed by atoms with Gasteiger partial charge in [0, 0.05) is 27.5 Å². The van der Waals surface area contributed by atoms with Gasteiger partial charge in [0.05, 0.1) is 23.9 Å². The average molecular weight is 559 g/mol. The van der Waals surface area contributed by atoms with Gasteiger partial charge in [-0.3, -0.25) is 4.79 Å². The van der Waals surface area contributed by atoms with Crippen LogP contribution < -0.4 is 10.1 Å². The van der Waals surface area contributed by atoms with Crippen LogP contribution >= 0.6 is 23.2 Å². The van der Waals surface area contributed by atoms with Crippen molar-refractivity contribution in [3.05, 3.63) is 106 Å². The molecule has 0 saturated heterocycles. The van der Waals surface area contributed by atoms with E-state index >= 15 is 0 Å². The number of para-hydroxylation sites is 1. The lowest BCUT2D eigenvalue weighted by molar-refractivity contribution is -0.124. The van der Waals surface area contributed by atoms with E-state index in [0.717, 1.165) is 27.6 Å². The third-order valence-electron chi connectivity index (χ3n) is 6.35. The molecule has 0 aliphatic heterocycles. The molecule has 0 aliphatic rings. The van der Waals surface area contributed by atoms with E-state index in [4.69, 9.17) is 37.7 Å². The molecule has 0 atom stereocenters. The molecule has 0 radical (unpaired) electrons. The maximum absolute atomic E-state index is 13.1. The Labute approximate surface area is 235 Å². The van der Waals surface area contributed by atoms with Crippen molar-refractivity contribution >= 4 is 56.8 Å². The minimum Gasteiger partial charge on any atom is -0.497 e. The van der Waals surface area contributed by atoms with Gasteiger partial charge in [0.15, 0.2) is 6.61 Å². The normalized spacial score (nSPS) is 10.9. The smallest absolute Gasteiger partial charge is 0.339 e. The number of amides is 1. The van der Waals surface area contributed by atoms with Crippen LogP contribution in [0.5, 0.6) is 5.75 Å². The number of carbonyl (C=O) groups is 2. The van der Waals surface area contributed by atoms with Crippen LogP contribution in [0.3, 0.4) is 0 Å². The molecule has 4 aromatic carbocycles. The van der Waals surface area contributed by atoms with Gasteiger partial charge >= 0.3 is 5.97 Å². The summed E-state index contributed by atoms with van der Waals surface area (Å²) in [5.41, 5.74) is 3.34. The van der Waals surface area contributed by atoms with Crippen LogP contribution in [0.4, 0.5) is 0 Å². The predicted molar refractivity (Wildman–Crippen MR) is 155 cm³/mol. The third-order valence-corrected chi connectivity index (χ3v) is 6.93. The average Bonchev–Trinajstić information content (AvgIpc) is 2.95. The Morgan fingerprint density at radius 3 is 2.51 bits per heavy atom. The monoisotopic (exact) mass is 558 g/mol. The molecule has 8 heteroatoms. The standard InChI is InChI=1S/C31H24Cl2N2O4/c1-38-24-11-9-20-14-22(7-6-21(20)15-24)29-17-26(25-4-2-3-5-28(25)35-29)31(37)39-18-30(36)34-13-12-19-8-10-23(32)16-27(19)33/h2-11,14-17H,12-13,18H2,1H3,(H,34,36). The Morgan fingerprint density at radius 1 is 0.897 bits per heavy atom. The number of ether oxygens (including phenoxy) is 2. The van der Waals surface area contributed by atoms with Crippen LogP contribution in [0, 0.1) is 0 Å². The van der Waals surface area contributed by atoms with E-state index in [-0.39, 0.29) is 0 Å². The Morgan fingerprint density at radius 2 is 1.69 bits per heavy atom. The molecule has 1 amide bonds. The summed E-state index contributed by atoms with van der Waals surface area (Å²) in [6.07, 6.45) is 0.520. The summed E-state index contributed by atoms with van der Waals surface area (Å²) >= 11 is 12.1. The van der Waals surface area contributed by atoms with Gasteiger partial charge < -0.3 is 14.8 Å². The van der Waals surface area contributed by atoms with Crippen LogP contribution in [0.25, 0.3) is 32.9 Å². The number of hydrogen-bond donors (Lipinski definition) is 1. The first-order valence-electron chi connectivity index (χ1n) is 12.3. The highest BCUT2D eigenvalue weighted by Crippen LogP contribution is 2.29. The number of methoxy groups -OCH3 is 1. The summed E-state index contributed by atoms with van der Waals surface area (Å²) in [7, 11) is 1.64. The highest BCUT2D eigenvalue weighted by atomic mass is 35.5. The SMILES string of the molecule is COc1ccc2cc(-c3cc(C(=O)OCC(=O)NCCc4ccc(Cl)cc4Cl)c4ccccc4n3)ccc2c1. The Hall–Kier alpha value is -4.13. The van der Waals surface area contributed by atoms with E-state index in [1.807, 2.05) is 66.7 Å². The summed E-state index contributed by atoms with van der Waals surface area (Å²) in [6.45, 7) is -0.0646. The lowest BCUT2D eigenvalue weighted by atomic mass is 10.0. The van der Waals surface area contributed by atoms with Crippen LogP contribution in [-0.4, -0.2) is 37.1 Å². The topological polar surface area (TPSA) is 77.5 Å². The molecule has 0 fully saturated rings. The fraction of sp³-hybridized carbons (Fsp3) is 0.129. The lowest BCUT2D eigenvalue weighted by Crippen LogP contribution is -2.30. The number of hydrogen-bond acceptors (Lipinski definition) is 5. The minimum absolute atomic E-state index is 0.339. The molecule has 5 aromatic rings. The second-order valence-electron chi connectivity index (χ2n) is 8.91. The molecular formula is C31H24Cl2N2O4. The summed E-state index contributed by atoms with van der Waals surface area (Å²) in [5, 5.41) is 6.53. The first-order valence-corrected chi connectivity index (χ1v) is 13.0. The van der Waals surface area contributed by atoms with Gasteiger partial charge in [-0.05, 0) is 65.2 Å². The largest absolute Gasteiger partial charge is 0.497 e. The minimum atomic E-state index is -0.601. The van der Waals surface area contributed by atoms with Crippen molar-refractivity contribution in [1.29, 1.82) is 0 Å². The molecule has 39 heavy (non-hydrogen) atoms. The van der Waals surface area contributed by atoms with Crippen molar-refractivity contribution < 1.29 is 19.1 Å². The number of aromatic nitrogens is 1. The quantitative estimate of drug-likeness (QED) is 0.210. The molecular weight excluding hydrogens is 535 g/mol. The molecule has 0 aliphatic carbocycles. The van der Waals surface area contributed by atoms with Crippen LogP contribution in [-0.2, 0) is 16.0 Å². The number of halogens is 2. The summed E-state index contributed by atoms with van der Waals surface area (Å²) < 4.78 is 10.7. The number of rotatable bonds is 8. The van der Waals surface area contributed by atoms with E-state index < -0.39 is 18.5 Å². The van der Waals surface area contributed by atoms with Gasteiger partial charge in [-0.15, -0.1) is 0 Å². The number of pyridine rings is 1. The molecule has 196 valence electrons. The second-order valence-corrected chi connectivity index (χ2v) is 9.76. The van der Waals surface area contributed by atoms with Gasteiger partial charge in [-0.25, -0.2) is 9.78 Å². The van der Waals surface area contributed by atoms with Crippen molar-refractivity contribution in [3.63, 3.8) is 0 Å². The van der Waals surface area contributed by atoms with Crippen molar-refractivity contribution in [2.45, 2.75) is 6.42 Å². The molecule has 0 saturated carbocycles. The van der Waals surface area contributed by atoms with E-state index in [1.54, 1.807) is 25.3 Å². The number of benzene rings is 4. The number of carbonyl (C=O) groups excluding carboxylic acids is 2. The number of fused-ring (bicyclic) bond motifs is 2. The maximum Gasteiger partial charge on any atom is 0.339 e. The van der Waals surface area contributed by atoms with Gasteiger partial charge in [0.2, 0.25) is 0 Å². The maximum atomic E-state index is 13.1. The van der Waals surface area contributed by atoms with Crippen molar-refractivity contribution in [3.8, 4) is 17.0 Å². The van der Waals surface area contributed by atoms with Gasteiger partial charge in [0.1, 0.15) is 5.75 Å². The Bertz CT molecular complexity index is 1700. The molecule has 1 N–H and O–H groups in total. The van der Waals surface area contributed by atoms with Gasteiger partial charge in [-0.1, -0.05) is 65.7 Å². The molecule has 1 heterocycles. The van der Waals surface area contributed by atoms with Crippen LogP contribution in [0.2, 0.25) is 10.0 Å². The first kappa shape index (κ1) is 26.5. The zero-order chi connectivity index (χ0) is 27.4. The predicted octanol–water partition coefficient (Wildman–Crippen LogP) is 6.89. The summed E-state index contributed by atoms with van der Waals surface area (Å²) in [4.78, 5) is 30.3. The fourth-order valence-corrected chi connectivity index (χ4v) is 4.83. The van der Waals surface area contributed by atoms with Crippen molar-refractivity contribution in [2.75, 3.05) is 20.3 Å².